The average molecular weight is 390 g/mol. The molecule has 3 aromatic heterocycles. The lowest BCUT2D eigenvalue weighted by Gasteiger charge is -2.16. The molecule has 146 valence electrons. The third-order valence-electron chi connectivity index (χ3n) is 4.69. The van der Waals surface area contributed by atoms with Gasteiger partial charge in [0.25, 0.3) is 5.56 Å². The van der Waals surface area contributed by atoms with Crippen LogP contribution in [0, 0.1) is 6.92 Å². The van der Waals surface area contributed by atoms with Crippen molar-refractivity contribution in [3.05, 3.63) is 33.7 Å². The zero-order valence-electron chi connectivity index (χ0n) is 16.2. The highest BCUT2D eigenvalue weighted by molar-refractivity contribution is 7.17. The van der Waals surface area contributed by atoms with Crippen molar-refractivity contribution in [3.8, 4) is 0 Å². The number of aromatic nitrogens is 3. The minimum atomic E-state index is -0.238. The van der Waals surface area contributed by atoms with Crippen LogP contribution in [-0.4, -0.2) is 51.7 Å². The Morgan fingerprint density at radius 2 is 2.07 bits per heavy atom. The van der Waals surface area contributed by atoms with Crippen molar-refractivity contribution in [1.82, 2.24) is 24.4 Å². The summed E-state index contributed by atoms with van der Waals surface area (Å²) < 4.78 is 4.16. The van der Waals surface area contributed by atoms with E-state index in [1.54, 1.807) is 11.3 Å². The molecule has 3 heterocycles. The number of carbonyl (C=O) groups is 1. The van der Waals surface area contributed by atoms with Gasteiger partial charge in [-0.15, -0.1) is 11.3 Å². The fourth-order valence-electron chi connectivity index (χ4n) is 3.24. The van der Waals surface area contributed by atoms with E-state index >= 15 is 0 Å². The molecule has 0 saturated carbocycles. The van der Waals surface area contributed by atoms with Gasteiger partial charge in [-0.1, -0.05) is 13.3 Å². The van der Waals surface area contributed by atoms with Crippen molar-refractivity contribution in [3.63, 3.8) is 0 Å². The molecule has 3 rings (SSSR count). The zero-order valence-corrected chi connectivity index (χ0v) is 17.0. The quantitative estimate of drug-likeness (QED) is 0.570. The number of carbonyl (C=O) groups excluding carboxylic acids is 1. The van der Waals surface area contributed by atoms with Crippen LogP contribution in [0.2, 0.25) is 0 Å². The van der Waals surface area contributed by atoms with Crippen molar-refractivity contribution in [1.29, 1.82) is 0 Å². The summed E-state index contributed by atoms with van der Waals surface area (Å²) in [6.07, 6.45) is 3.27. The van der Waals surface area contributed by atoms with E-state index in [1.807, 2.05) is 28.8 Å². The summed E-state index contributed by atoms with van der Waals surface area (Å²) in [7, 11) is 2.10. The highest BCUT2D eigenvalue weighted by Crippen LogP contribution is 2.24. The summed E-state index contributed by atoms with van der Waals surface area (Å²) in [5.41, 5.74) is 1.31. The second-order valence-electron chi connectivity index (χ2n) is 6.91. The smallest absolute Gasteiger partial charge is 0.291 e. The van der Waals surface area contributed by atoms with Gasteiger partial charge in [0.2, 0.25) is 5.91 Å². The Bertz CT molecular complexity index is 987. The first-order valence-corrected chi connectivity index (χ1v) is 10.3. The van der Waals surface area contributed by atoms with Crippen molar-refractivity contribution in [2.24, 2.45) is 0 Å². The lowest BCUT2D eigenvalue weighted by Crippen LogP contribution is -2.36. The normalized spacial score (nSPS) is 11.7. The van der Waals surface area contributed by atoms with E-state index in [4.69, 9.17) is 0 Å². The molecule has 7 nitrogen and oxygen atoms in total. The van der Waals surface area contributed by atoms with E-state index in [0.29, 0.717) is 17.9 Å². The third kappa shape index (κ3) is 4.39. The van der Waals surface area contributed by atoms with Gasteiger partial charge in [-0.05, 0) is 57.4 Å². The first kappa shape index (κ1) is 19.6. The first-order valence-electron chi connectivity index (χ1n) is 9.43. The van der Waals surface area contributed by atoms with E-state index in [9.17, 15) is 9.59 Å². The number of hydrogen-bond donors (Lipinski definition) is 1. The number of amides is 1. The Hall–Kier alpha value is -2.19. The minimum absolute atomic E-state index is 0.0549. The first-order chi connectivity index (χ1) is 13.0. The van der Waals surface area contributed by atoms with Crippen LogP contribution in [-0.2, 0) is 11.3 Å². The van der Waals surface area contributed by atoms with Crippen LogP contribution in [0.3, 0.4) is 0 Å². The number of hydrogen-bond acceptors (Lipinski definition) is 5. The molecule has 0 aliphatic rings. The SMILES string of the molecule is CCCCN(C)CCCNC(=O)Cn1nc(C)n2c(cc3sccc32)c1=O. The molecule has 0 aliphatic carbocycles. The molecule has 1 N–H and O–H groups in total. The highest BCUT2D eigenvalue weighted by atomic mass is 32.1. The Morgan fingerprint density at radius 1 is 1.30 bits per heavy atom. The number of unbranched alkanes of at least 4 members (excludes halogenated alkanes) is 1. The van der Waals surface area contributed by atoms with Crippen molar-refractivity contribution in [2.45, 2.75) is 39.7 Å². The molecule has 0 unspecified atom stereocenters. The summed E-state index contributed by atoms with van der Waals surface area (Å²) in [4.78, 5) is 27.2. The Kier molecular flexibility index (Phi) is 6.28. The predicted octanol–water partition coefficient (Wildman–Crippen LogP) is 2.26. The summed E-state index contributed by atoms with van der Waals surface area (Å²) in [5.74, 6) is 0.515. The fourth-order valence-corrected chi connectivity index (χ4v) is 4.05. The van der Waals surface area contributed by atoms with Gasteiger partial charge in [0.15, 0.2) is 0 Å². The van der Waals surface area contributed by atoms with Crippen LogP contribution in [0.1, 0.15) is 32.0 Å². The van der Waals surface area contributed by atoms with E-state index in [1.165, 1.54) is 17.5 Å². The second kappa shape index (κ2) is 8.67. The van der Waals surface area contributed by atoms with Gasteiger partial charge in [-0.25, -0.2) is 4.68 Å². The van der Waals surface area contributed by atoms with Crippen molar-refractivity contribution < 1.29 is 4.79 Å². The number of fused-ring (bicyclic) bond motifs is 3. The summed E-state index contributed by atoms with van der Waals surface area (Å²) in [5, 5.41) is 9.22. The molecule has 0 atom stereocenters. The van der Waals surface area contributed by atoms with Crippen LogP contribution < -0.4 is 10.9 Å². The van der Waals surface area contributed by atoms with E-state index in [2.05, 4.69) is 29.3 Å². The maximum atomic E-state index is 12.7. The molecule has 1 amide bonds. The molecule has 0 aliphatic heterocycles. The van der Waals surface area contributed by atoms with Crippen LogP contribution >= 0.6 is 11.3 Å². The maximum Gasteiger partial charge on any atom is 0.291 e. The van der Waals surface area contributed by atoms with Gasteiger partial charge in [0.1, 0.15) is 17.9 Å². The number of nitrogens with zero attached hydrogens (tertiary/aromatic N) is 4. The second-order valence-corrected chi connectivity index (χ2v) is 7.85. The Labute approximate surface area is 162 Å². The Morgan fingerprint density at radius 3 is 2.85 bits per heavy atom. The topological polar surface area (TPSA) is 71.6 Å². The maximum absolute atomic E-state index is 12.7. The van der Waals surface area contributed by atoms with Gasteiger partial charge >= 0.3 is 0 Å². The average Bonchev–Trinajstić information content (AvgIpc) is 3.22. The largest absolute Gasteiger partial charge is 0.354 e. The minimum Gasteiger partial charge on any atom is -0.354 e. The molecule has 8 heteroatoms. The van der Waals surface area contributed by atoms with Crippen molar-refractivity contribution in [2.75, 3.05) is 26.7 Å². The standard InChI is InChI=1S/C19H27N5O2S/c1-4-5-9-22(3)10-6-8-20-18(25)13-23-19(26)16-12-17-15(7-11-27-17)24(16)14(2)21-23/h7,11-12H,4-6,8-10,13H2,1-3H3,(H,20,25). The van der Waals surface area contributed by atoms with Crippen LogP contribution in [0.4, 0.5) is 0 Å². The van der Waals surface area contributed by atoms with Gasteiger partial charge in [-0.3, -0.25) is 14.0 Å². The van der Waals surface area contributed by atoms with Crippen LogP contribution in [0.5, 0.6) is 0 Å². The molecule has 3 aromatic rings. The molecule has 0 fully saturated rings. The predicted molar refractivity (Wildman–Crippen MR) is 110 cm³/mol. The molecule has 0 saturated heterocycles. The molecule has 0 spiro atoms. The molecule has 0 bridgehead atoms. The third-order valence-corrected chi connectivity index (χ3v) is 5.54. The van der Waals surface area contributed by atoms with E-state index < -0.39 is 0 Å². The molecule has 0 radical (unpaired) electrons. The van der Waals surface area contributed by atoms with Crippen LogP contribution in [0.25, 0.3) is 15.7 Å². The monoisotopic (exact) mass is 389 g/mol. The van der Waals surface area contributed by atoms with Gasteiger partial charge in [-0.2, -0.15) is 5.10 Å². The zero-order chi connectivity index (χ0) is 19.4. The molecule has 0 aromatic carbocycles. The summed E-state index contributed by atoms with van der Waals surface area (Å²) in [6.45, 7) is 6.61. The molecule has 27 heavy (non-hydrogen) atoms. The number of nitrogens with one attached hydrogen (secondary N) is 1. The highest BCUT2D eigenvalue weighted by Gasteiger charge is 2.14. The van der Waals surface area contributed by atoms with Crippen molar-refractivity contribution >= 4 is 33.0 Å². The summed E-state index contributed by atoms with van der Waals surface area (Å²) in [6, 6.07) is 3.85. The van der Waals surface area contributed by atoms with Gasteiger partial charge in [0, 0.05) is 6.54 Å². The number of aryl methyl sites for hydroxylation is 1. The lowest BCUT2D eigenvalue weighted by atomic mass is 10.3. The van der Waals surface area contributed by atoms with Gasteiger partial charge in [0.05, 0.1) is 10.2 Å². The fraction of sp³-hybridized carbons (Fsp3) is 0.526. The summed E-state index contributed by atoms with van der Waals surface area (Å²) >= 11 is 1.59. The Balaban J connectivity index is 1.60. The molecular formula is C19H27N5O2S. The number of rotatable bonds is 9. The van der Waals surface area contributed by atoms with Gasteiger partial charge < -0.3 is 10.2 Å². The van der Waals surface area contributed by atoms with E-state index in [0.717, 1.165) is 29.7 Å². The number of thiophene rings is 1. The lowest BCUT2D eigenvalue weighted by molar-refractivity contribution is -0.121. The van der Waals surface area contributed by atoms with E-state index in [-0.39, 0.29) is 18.0 Å². The van der Waals surface area contributed by atoms with Crippen LogP contribution in [0.15, 0.2) is 22.3 Å². The molecular weight excluding hydrogens is 362 g/mol.